The average Bonchev–Trinajstić information content (AvgIpc) is 3.21. The molecular weight excluding hydrogens is 378 g/mol. The topological polar surface area (TPSA) is 92.0 Å². The SMILES string of the molecule is CCNC(=NCCCCN1CCC(C(N)=O)CC1)NCCc1ccc2c(c1)CCO2. The maximum Gasteiger partial charge on any atom is 0.220 e. The molecule has 1 aromatic rings. The molecule has 7 heteroatoms. The van der Waals surface area contributed by atoms with Crippen molar-refractivity contribution in [3.8, 4) is 5.75 Å². The molecule has 1 saturated heterocycles. The van der Waals surface area contributed by atoms with Crippen molar-refractivity contribution < 1.29 is 9.53 Å². The summed E-state index contributed by atoms with van der Waals surface area (Å²) in [5.41, 5.74) is 8.07. The number of benzene rings is 1. The minimum Gasteiger partial charge on any atom is -0.493 e. The third-order valence-corrected chi connectivity index (χ3v) is 5.95. The van der Waals surface area contributed by atoms with E-state index in [1.165, 1.54) is 11.1 Å². The molecule has 30 heavy (non-hydrogen) atoms. The Bertz CT molecular complexity index is 714. The summed E-state index contributed by atoms with van der Waals surface area (Å²) in [5.74, 6) is 1.87. The Balaban J connectivity index is 1.32. The van der Waals surface area contributed by atoms with Crippen LogP contribution in [0.3, 0.4) is 0 Å². The highest BCUT2D eigenvalue weighted by molar-refractivity contribution is 5.79. The maximum absolute atomic E-state index is 11.2. The fraction of sp³-hybridized carbons (Fsp3) is 0.652. The Morgan fingerprint density at radius 3 is 2.87 bits per heavy atom. The molecule has 0 unspecified atom stereocenters. The maximum atomic E-state index is 11.2. The van der Waals surface area contributed by atoms with Crippen molar-refractivity contribution in [2.75, 3.05) is 45.9 Å². The molecule has 0 atom stereocenters. The minimum atomic E-state index is -0.141. The van der Waals surface area contributed by atoms with Crippen LogP contribution in [-0.4, -0.2) is 62.6 Å². The van der Waals surface area contributed by atoms with Crippen molar-refractivity contribution in [2.24, 2.45) is 16.6 Å². The van der Waals surface area contributed by atoms with Crippen molar-refractivity contribution in [1.82, 2.24) is 15.5 Å². The fourth-order valence-corrected chi connectivity index (χ4v) is 4.14. The number of unbranched alkanes of at least 4 members (excludes halogenated alkanes) is 1. The lowest BCUT2D eigenvalue weighted by Gasteiger charge is -2.30. The Kier molecular flexibility index (Phi) is 8.81. The highest BCUT2D eigenvalue weighted by Gasteiger charge is 2.22. The molecule has 0 saturated carbocycles. The quantitative estimate of drug-likeness (QED) is 0.307. The van der Waals surface area contributed by atoms with Gasteiger partial charge in [-0.25, -0.2) is 0 Å². The molecule has 2 aliphatic heterocycles. The first-order valence-electron chi connectivity index (χ1n) is 11.4. The number of aliphatic imine (C=N–C) groups is 1. The van der Waals surface area contributed by atoms with Crippen LogP contribution in [0, 0.1) is 5.92 Å². The van der Waals surface area contributed by atoms with Crippen LogP contribution in [0.25, 0.3) is 0 Å². The molecule has 4 N–H and O–H groups in total. The highest BCUT2D eigenvalue weighted by Crippen LogP contribution is 2.25. The van der Waals surface area contributed by atoms with Gasteiger partial charge in [0.25, 0.3) is 0 Å². The van der Waals surface area contributed by atoms with Gasteiger partial charge in [-0.15, -0.1) is 0 Å². The zero-order chi connectivity index (χ0) is 21.2. The molecule has 166 valence electrons. The number of carbonyl (C=O) groups is 1. The monoisotopic (exact) mass is 415 g/mol. The third-order valence-electron chi connectivity index (χ3n) is 5.95. The number of ether oxygens (including phenoxy) is 1. The van der Waals surface area contributed by atoms with Crippen LogP contribution in [0.5, 0.6) is 5.75 Å². The first kappa shape index (κ1) is 22.4. The summed E-state index contributed by atoms with van der Waals surface area (Å²) in [6, 6.07) is 6.51. The second kappa shape index (κ2) is 11.8. The Morgan fingerprint density at radius 2 is 2.10 bits per heavy atom. The highest BCUT2D eigenvalue weighted by atomic mass is 16.5. The van der Waals surface area contributed by atoms with Crippen LogP contribution >= 0.6 is 0 Å². The van der Waals surface area contributed by atoms with Crippen molar-refractivity contribution in [3.63, 3.8) is 0 Å². The minimum absolute atomic E-state index is 0.0738. The van der Waals surface area contributed by atoms with Crippen molar-refractivity contribution in [2.45, 2.75) is 45.4 Å². The lowest BCUT2D eigenvalue weighted by atomic mass is 9.96. The average molecular weight is 416 g/mol. The van der Waals surface area contributed by atoms with Gasteiger partial charge in [0.2, 0.25) is 5.91 Å². The number of likely N-dealkylation sites (tertiary alicyclic amines) is 1. The molecule has 1 fully saturated rings. The molecule has 7 nitrogen and oxygen atoms in total. The number of hydrogen-bond acceptors (Lipinski definition) is 4. The number of hydrogen-bond donors (Lipinski definition) is 3. The summed E-state index contributed by atoms with van der Waals surface area (Å²) in [7, 11) is 0. The summed E-state index contributed by atoms with van der Waals surface area (Å²) < 4.78 is 5.58. The summed E-state index contributed by atoms with van der Waals surface area (Å²) in [6.45, 7) is 8.48. The smallest absolute Gasteiger partial charge is 0.220 e. The first-order valence-corrected chi connectivity index (χ1v) is 11.4. The van der Waals surface area contributed by atoms with Gasteiger partial charge in [-0.3, -0.25) is 9.79 Å². The van der Waals surface area contributed by atoms with Gasteiger partial charge in [0.1, 0.15) is 5.75 Å². The van der Waals surface area contributed by atoms with E-state index in [4.69, 9.17) is 15.5 Å². The van der Waals surface area contributed by atoms with Gasteiger partial charge < -0.3 is 26.0 Å². The van der Waals surface area contributed by atoms with Crippen LogP contribution in [0.1, 0.15) is 43.7 Å². The molecule has 1 amide bonds. The van der Waals surface area contributed by atoms with E-state index < -0.39 is 0 Å². The molecular formula is C23H37N5O2. The first-order chi connectivity index (χ1) is 14.7. The van der Waals surface area contributed by atoms with Gasteiger partial charge >= 0.3 is 0 Å². The van der Waals surface area contributed by atoms with E-state index in [2.05, 4.69) is 40.7 Å². The van der Waals surface area contributed by atoms with Crippen molar-refractivity contribution >= 4 is 11.9 Å². The predicted molar refractivity (Wildman–Crippen MR) is 121 cm³/mol. The van der Waals surface area contributed by atoms with Crippen LogP contribution in [0.2, 0.25) is 0 Å². The number of primary amides is 1. The molecule has 2 heterocycles. The lowest BCUT2D eigenvalue weighted by Crippen LogP contribution is -2.39. The summed E-state index contributed by atoms with van der Waals surface area (Å²) in [6.07, 6.45) is 5.99. The van der Waals surface area contributed by atoms with E-state index in [1.807, 2.05) is 0 Å². The fourth-order valence-electron chi connectivity index (χ4n) is 4.14. The van der Waals surface area contributed by atoms with E-state index >= 15 is 0 Å². The van der Waals surface area contributed by atoms with Crippen LogP contribution in [0.4, 0.5) is 0 Å². The molecule has 3 rings (SSSR count). The Hall–Kier alpha value is -2.28. The van der Waals surface area contributed by atoms with Gasteiger partial charge in [-0.05, 0) is 75.9 Å². The van der Waals surface area contributed by atoms with Gasteiger partial charge in [-0.2, -0.15) is 0 Å². The van der Waals surface area contributed by atoms with Gasteiger partial charge in [0.05, 0.1) is 6.61 Å². The number of nitrogens with zero attached hydrogens (tertiary/aromatic N) is 2. The number of carbonyl (C=O) groups excluding carboxylic acids is 1. The number of fused-ring (bicyclic) bond motifs is 1. The summed E-state index contributed by atoms with van der Waals surface area (Å²) in [5, 5.41) is 6.78. The van der Waals surface area contributed by atoms with E-state index in [9.17, 15) is 4.79 Å². The van der Waals surface area contributed by atoms with Crippen LogP contribution < -0.4 is 21.1 Å². The number of nitrogens with one attached hydrogen (secondary N) is 2. The standard InChI is InChI=1S/C23H37N5O2/c1-2-25-23(27-12-7-18-5-6-21-20(17-18)10-16-30-21)26-11-3-4-13-28-14-8-19(9-15-28)22(24)29/h5-6,17,19H,2-4,7-16H2,1H3,(H2,24,29)(H2,25,26,27). The number of piperidine rings is 1. The molecule has 2 aliphatic rings. The molecule has 0 aromatic heterocycles. The Morgan fingerprint density at radius 1 is 1.27 bits per heavy atom. The normalized spacial score (nSPS) is 17.4. The summed E-state index contributed by atoms with van der Waals surface area (Å²) in [4.78, 5) is 18.4. The summed E-state index contributed by atoms with van der Waals surface area (Å²) >= 11 is 0. The molecule has 0 spiro atoms. The second-order valence-electron chi connectivity index (χ2n) is 8.20. The second-order valence-corrected chi connectivity index (χ2v) is 8.20. The number of amides is 1. The van der Waals surface area contributed by atoms with E-state index in [0.717, 1.165) is 96.1 Å². The molecule has 0 bridgehead atoms. The van der Waals surface area contributed by atoms with Gasteiger partial charge in [0, 0.05) is 32.0 Å². The third kappa shape index (κ3) is 6.90. The zero-order valence-electron chi connectivity index (χ0n) is 18.3. The van der Waals surface area contributed by atoms with Crippen molar-refractivity contribution in [3.05, 3.63) is 29.3 Å². The zero-order valence-corrected chi connectivity index (χ0v) is 18.3. The lowest BCUT2D eigenvalue weighted by molar-refractivity contribution is -0.123. The van der Waals surface area contributed by atoms with E-state index in [-0.39, 0.29) is 11.8 Å². The van der Waals surface area contributed by atoms with Gasteiger partial charge in [0.15, 0.2) is 5.96 Å². The number of guanidine groups is 1. The van der Waals surface area contributed by atoms with Gasteiger partial charge in [-0.1, -0.05) is 12.1 Å². The van der Waals surface area contributed by atoms with Crippen molar-refractivity contribution in [1.29, 1.82) is 0 Å². The Labute approximate surface area is 180 Å². The molecule has 0 radical (unpaired) electrons. The largest absolute Gasteiger partial charge is 0.493 e. The molecule has 1 aromatic carbocycles. The van der Waals surface area contributed by atoms with Crippen LogP contribution in [0.15, 0.2) is 23.2 Å². The number of nitrogens with two attached hydrogens (primary N) is 1. The van der Waals surface area contributed by atoms with E-state index in [1.54, 1.807) is 0 Å². The van der Waals surface area contributed by atoms with Crippen LogP contribution in [-0.2, 0) is 17.6 Å². The number of rotatable bonds is 10. The van der Waals surface area contributed by atoms with E-state index in [0.29, 0.717) is 0 Å². The predicted octanol–water partition coefficient (Wildman–Crippen LogP) is 1.70. The molecule has 0 aliphatic carbocycles.